The monoisotopic (exact) mass is 329 g/mol. The SMILES string of the molecule is NC(=O)c1ncccc1C(=O)N1CCC[C@@H]1Oc1ccc(F)cc1. The molecule has 1 atom stereocenters. The van der Waals surface area contributed by atoms with Crippen molar-refractivity contribution in [3.63, 3.8) is 0 Å². The van der Waals surface area contributed by atoms with Gasteiger partial charge in [0.1, 0.15) is 17.3 Å². The van der Waals surface area contributed by atoms with Crippen LogP contribution in [0.3, 0.4) is 0 Å². The van der Waals surface area contributed by atoms with Gasteiger partial charge in [-0.2, -0.15) is 0 Å². The summed E-state index contributed by atoms with van der Waals surface area (Å²) in [4.78, 5) is 29.7. The average molecular weight is 329 g/mol. The number of ether oxygens (including phenoxy) is 1. The minimum absolute atomic E-state index is 0.0602. The molecule has 7 heteroatoms. The standard InChI is InChI=1S/C17H16FN3O3/c18-11-5-7-12(8-6-11)24-14-4-2-10-21(14)17(23)13-3-1-9-20-15(13)16(19)22/h1,3,5-9,14H,2,4,10H2,(H2,19,22)/t14-/m0/s1. The van der Waals surface area contributed by atoms with E-state index in [9.17, 15) is 14.0 Å². The predicted octanol–water partition coefficient (Wildman–Crippen LogP) is 1.96. The van der Waals surface area contributed by atoms with Crippen LogP contribution in [0.2, 0.25) is 0 Å². The third-order valence-corrected chi connectivity index (χ3v) is 3.82. The molecule has 0 unspecified atom stereocenters. The molecule has 1 aliphatic heterocycles. The normalized spacial score (nSPS) is 16.9. The highest BCUT2D eigenvalue weighted by atomic mass is 19.1. The Morgan fingerprint density at radius 1 is 1.25 bits per heavy atom. The van der Waals surface area contributed by atoms with Crippen LogP contribution in [-0.2, 0) is 0 Å². The molecule has 1 aromatic carbocycles. The van der Waals surface area contributed by atoms with Crippen molar-refractivity contribution in [1.29, 1.82) is 0 Å². The van der Waals surface area contributed by atoms with E-state index < -0.39 is 12.1 Å². The number of primary amides is 1. The summed E-state index contributed by atoms with van der Waals surface area (Å²) in [5, 5.41) is 0. The highest BCUT2D eigenvalue weighted by molar-refractivity contribution is 6.05. The van der Waals surface area contributed by atoms with E-state index in [1.807, 2.05) is 0 Å². The number of likely N-dealkylation sites (tertiary alicyclic amines) is 1. The van der Waals surface area contributed by atoms with Gasteiger partial charge in [-0.15, -0.1) is 0 Å². The number of aromatic nitrogens is 1. The number of hydrogen-bond donors (Lipinski definition) is 1. The van der Waals surface area contributed by atoms with Crippen LogP contribution in [0, 0.1) is 5.82 Å². The maximum absolute atomic E-state index is 13.0. The highest BCUT2D eigenvalue weighted by Gasteiger charge is 2.32. The lowest BCUT2D eigenvalue weighted by atomic mass is 10.1. The van der Waals surface area contributed by atoms with E-state index >= 15 is 0 Å². The topological polar surface area (TPSA) is 85.5 Å². The lowest BCUT2D eigenvalue weighted by Gasteiger charge is -2.25. The van der Waals surface area contributed by atoms with Gasteiger partial charge in [0.2, 0.25) is 0 Å². The Morgan fingerprint density at radius 3 is 2.71 bits per heavy atom. The molecule has 2 amide bonds. The number of hydrogen-bond acceptors (Lipinski definition) is 4. The third-order valence-electron chi connectivity index (χ3n) is 3.82. The second-order valence-corrected chi connectivity index (χ2v) is 5.43. The molecule has 2 heterocycles. The molecule has 0 bridgehead atoms. The molecular weight excluding hydrogens is 313 g/mol. The molecule has 2 aromatic rings. The van der Waals surface area contributed by atoms with Crippen molar-refractivity contribution >= 4 is 11.8 Å². The van der Waals surface area contributed by atoms with Crippen LogP contribution >= 0.6 is 0 Å². The highest BCUT2D eigenvalue weighted by Crippen LogP contribution is 2.24. The van der Waals surface area contributed by atoms with Crippen LogP contribution in [0.25, 0.3) is 0 Å². The van der Waals surface area contributed by atoms with Crippen molar-refractivity contribution in [1.82, 2.24) is 9.88 Å². The predicted molar refractivity (Wildman–Crippen MR) is 83.8 cm³/mol. The van der Waals surface area contributed by atoms with E-state index in [4.69, 9.17) is 10.5 Å². The zero-order valence-corrected chi connectivity index (χ0v) is 12.8. The van der Waals surface area contributed by atoms with Gasteiger partial charge in [0.25, 0.3) is 11.8 Å². The summed E-state index contributed by atoms with van der Waals surface area (Å²) in [6.45, 7) is 0.498. The number of nitrogens with two attached hydrogens (primary N) is 1. The smallest absolute Gasteiger partial charge is 0.268 e. The van der Waals surface area contributed by atoms with Gasteiger partial charge in [-0.3, -0.25) is 14.6 Å². The number of carbonyl (C=O) groups excluding carboxylic acids is 2. The van der Waals surface area contributed by atoms with Crippen LogP contribution in [0.1, 0.15) is 33.7 Å². The first-order valence-corrected chi connectivity index (χ1v) is 7.54. The van der Waals surface area contributed by atoms with Gasteiger partial charge in [-0.25, -0.2) is 4.39 Å². The summed E-state index contributed by atoms with van der Waals surface area (Å²) in [5.74, 6) is -0.999. The van der Waals surface area contributed by atoms with E-state index in [0.717, 1.165) is 6.42 Å². The molecule has 0 radical (unpaired) electrons. The minimum atomic E-state index is -0.755. The summed E-state index contributed by atoms with van der Waals surface area (Å²) in [6.07, 6.45) is 2.34. The second-order valence-electron chi connectivity index (χ2n) is 5.43. The first kappa shape index (κ1) is 15.9. The van der Waals surface area contributed by atoms with Gasteiger partial charge in [-0.05, 0) is 42.8 Å². The van der Waals surface area contributed by atoms with Crippen molar-refractivity contribution < 1.29 is 18.7 Å². The molecule has 6 nitrogen and oxygen atoms in total. The lowest BCUT2D eigenvalue weighted by molar-refractivity contribution is 0.0398. The molecule has 2 N–H and O–H groups in total. The summed E-state index contributed by atoms with van der Waals surface area (Å²) >= 11 is 0. The number of amides is 2. The molecule has 1 aliphatic rings. The zero-order chi connectivity index (χ0) is 17.1. The first-order valence-electron chi connectivity index (χ1n) is 7.54. The molecule has 0 aliphatic carbocycles. The molecular formula is C17H16FN3O3. The van der Waals surface area contributed by atoms with E-state index in [1.165, 1.54) is 41.4 Å². The van der Waals surface area contributed by atoms with Crippen LogP contribution in [0.4, 0.5) is 4.39 Å². The summed E-state index contributed by atoms with van der Waals surface area (Å²) < 4.78 is 18.8. The van der Waals surface area contributed by atoms with Crippen LogP contribution in [0.15, 0.2) is 42.6 Å². The average Bonchev–Trinajstić information content (AvgIpc) is 3.04. The Morgan fingerprint density at radius 2 is 2.00 bits per heavy atom. The summed E-state index contributed by atoms with van der Waals surface area (Å²) in [7, 11) is 0. The zero-order valence-electron chi connectivity index (χ0n) is 12.8. The number of benzene rings is 1. The fraction of sp³-hybridized carbons (Fsp3) is 0.235. The number of rotatable bonds is 4. The molecule has 124 valence electrons. The van der Waals surface area contributed by atoms with Gasteiger partial charge < -0.3 is 15.4 Å². The third kappa shape index (κ3) is 3.19. The number of carbonyl (C=O) groups is 2. The number of halogens is 1. The number of nitrogens with zero attached hydrogens (tertiary/aromatic N) is 2. The van der Waals surface area contributed by atoms with Crippen LogP contribution in [0.5, 0.6) is 5.75 Å². The van der Waals surface area contributed by atoms with Gasteiger partial charge in [0, 0.05) is 19.2 Å². The van der Waals surface area contributed by atoms with Gasteiger partial charge in [-0.1, -0.05) is 0 Å². The Bertz CT molecular complexity index is 764. The van der Waals surface area contributed by atoms with Gasteiger partial charge in [0.15, 0.2) is 6.23 Å². The Kier molecular flexibility index (Phi) is 4.41. The fourth-order valence-electron chi connectivity index (χ4n) is 2.69. The Labute approximate surface area is 138 Å². The summed E-state index contributed by atoms with van der Waals surface area (Å²) in [6, 6.07) is 8.70. The van der Waals surface area contributed by atoms with Crippen LogP contribution in [-0.4, -0.2) is 34.5 Å². The Balaban J connectivity index is 1.81. The first-order chi connectivity index (χ1) is 11.6. The minimum Gasteiger partial charge on any atom is -0.470 e. The summed E-state index contributed by atoms with van der Waals surface area (Å²) in [5.41, 5.74) is 5.38. The molecule has 1 saturated heterocycles. The molecule has 3 rings (SSSR count). The van der Waals surface area contributed by atoms with Crippen molar-refractivity contribution in [3.8, 4) is 5.75 Å². The Hall–Kier alpha value is -2.96. The molecule has 0 saturated carbocycles. The lowest BCUT2D eigenvalue weighted by Crippen LogP contribution is -2.40. The van der Waals surface area contributed by atoms with Gasteiger partial charge >= 0.3 is 0 Å². The second kappa shape index (κ2) is 6.66. The largest absolute Gasteiger partial charge is 0.470 e. The van der Waals surface area contributed by atoms with E-state index in [2.05, 4.69) is 4.98 Å². The molecule has 0 spiro atoms. The van der Waals surface area contributed by atoms with Crippen molar-refractivity contribution in [2.75, 3.05) is 6.54 Å². The molecule has 1 fully saturated rings. The van der Waals surface area contributed by atoms with Crippen LogP contribution < -0.4 is 10.5 Å². The fourth-order valence-corrected chi connectivity index (χ4v) is 2.69. The quantitative estimate of drug-likeness (QED) is 0.929. The molecule has 24 heavy (non-hydrogen) atoms. The van der Waals surface area contributed by atoms with Crippen molar-refractivity contribution in [3.05, 3.63) is 59.7 Å². The van der Waals surface area contributed by atoms with Gasteiger partial charge in [0.05, 0.1) is 5.56 Å². The van der Waals surface area contributed by atoms with E-state index in [1.54, 1.807) is 6.07 Å². The van der Waals surface area contributed by atoms with Crippen molar-refractivity contribution in [2.24, 2.45) is 5.73 Å². The van der Waals surface area contributed by atoms with E-state index in [0.29, 0.717) is 18.7 Å². The maximum atomic E-state index is 13.0. The van der Waals surface area contributed by atoms with E-state index in [-0.39, 0.29) is 23.0 Å². The maximum Gasteiger partial charge on any atom is 0.268 e. The molecule has 1 aromatic heterocycles. The number of pyridine rings is 1. The van der Waals surface area contributed by atoms with Crippen molar-refractivity contribution in [2.45, 2.75) is 19.1 Å².